The molecule has 0 saturated heterocycles. The zero-order chi connectivity index (χ0) is 11.4. The summed E-state index contributed by atoms with van der Waals surface area (Å²) in [4.78, 5) is 4.33. The van der Waals surface area contributed by atoms with Gasteiger partial charge in [-0.1, -0.05) is 30.3 Å². The zero-order valence-corrected chi connectivity index (χ0v) is 9.02. The van der Waals surface area contributed by atoms with E-state index in [1.54, 1.807) is 12.3 Å². The van der Waals surface area contributed by atoms with Gasteiger partial charge in [0, 0.05) is 6.21 Å². The van der Waals surface area contributed by atoms with Crippen LogP contribution in [0.25, 0.3) is 0 Å². The number of aryl methyl sites for hydroxylation is 1. The van der Waals surface area contributed by atoms with Crippen LogP contribution < -0.4 is 0 Å². The van der Waals surface area contributed by atoms with Crippen LogP contribution in [0.4, 0.5) is 10.1 Å². The number of hydrogen-bond acceptors (Lipinski definition) is 1. The van der Waals surface area contributed by atoms with Crippen LogP contribution in [-0.4, -0.2) is 6.21 Å². The van der Waals surface area contributed by atoms with Crippen molar-refractivity contribution in [2.45, 2.75) is 6.92 Å². The highest BCUT2D eigenvalue weighted by Crippen LogP contribution is 2.18. The van der Waals surface area contributed by atoms with Gasteiger partial charge in [-0.05, 0) is 36.2 Å². The number of benzene rings is 2. The Kier molecular flexibility index (Phi) is 3.10. The third kappa shape index (κ3) is 2.54. The first-order valence-corrected chi connectivity index (χ1v) is 5.11. The highest BCUT2D eigenvalue weighted by molar-refractivity contribution is 5.82. The highest BCUT2D eigenvalue weighted by Gasteiger charge is 1.96. The van der Waals surface area contributed by atoms with Crippen LogP contribution in [0.1, 0.15) is 11.1 Å². The monoisotopic (exact) mass is 213 g/mol. The molecule has 0 N–H and O–H groups in total. The lowest BCUT2D eigenvalue weighted by Gasteiger charge is -1.99. The maximum absolute atomic E-state index is 12.9. The predicted octanol–water partition coefficient (Wildman–Crippen LogP) is 3.88. The quantitative estimate of drug-likeness (QED) is 0.671. The second-order valence-corrected chi connectivity index (χ2v) is 3.60. The summed E-state index contributed by atoms with van der Waals surface area (Å²) in [5.41, 5.74) is 2.67. The molecule has 0 radical (unpaired) electrons. The lowest BCUT2D eigenvalue weighted by Crippen LogP contribution is -1.81. The van der Waals surface area contributed by atoms with Crippen LogP contribution in [0.2, 0.25) is 0 Å². The van der Waals surface area contributed by atoms with Crippen molar-refractivity contribution in [3.05, 3.63) is 65.5 Å². The van der Waals surface area contributed by atoms with Gasteiger partial charge >= 0.3 is 0 Å². The van der Waals surface area contributed by atoms with E-state index in [4.69, 9.17) is 0 Å². The summed E-state index contributed by atoms with van der Waals surface area (Å²) in [6.07, 6.45) is 1.78. The first-order valence-electron chi connectivity index (χ1n) is 5.11. The molecular weight excluding hydrogens is 201 g/mol. The van der Waals surface area contributed by atoms with Gasteiger partial charge in [0.25, 0.3) is 0 Å². The molecule has 0 aliphatic heterocycles. The third-order valence-electron chi connectivity index (χ3n) is 2.31. The van der Waals surface area contributed by atoms with E-state index in [9.17, 15) is 4.39 Å². The first kappa shape index (κ1) is 10.6. The molecule has 0 amide bonds. The minimum atomic E-state index is -0.226. The molecule has 0 heterocycles. The Bertz CT molecular complexity index is 503. The van der Waals surface area contributed by atoms with E-state index in [2.05, 4.69) is 4.99 Å². The number of rotatable bonds is 2. The Morgan fingerprint density at radius 3 is 2.50 bits per heavy atom. The number of nitrogens with zero attached hydrogens (tertiary/aromatic N) is 1. The van der Waals surface area contributed by atoms with Crippen molar-refractivity contribution in [3.8, 4) is 0 Å². The minimum absolute atomic E-state index is 0.226. The Hall–Kier alpha value is -1.96. The van der Waals surface area contributed by atoms with Crippen LogP contribution in [0.5, 0.6) is 0 Å². The summed E-state index contributed by atoms with van der Waals surface area (Å²) in [5, 5.41) is 0. The molecule has 2 rings (SSSR count). The number of aliphatic imine (C=N–C) groups is 1. The standard InChI is InChI=1S/C14H12FN/c1-11-9-13(15)7-8-14(11)16-10-12-5-3-2-4-6-12/h2-10H,1H3/b16-10+. The molecule has 2 aromatic rings. The molecule has 2 heteroatoms. The van der Waals surface area contributed by atoms with Gasteiger partial charge in [-0.15, -0.1) is 0 Å². The molecule has 0 unspecified atom stereocenters. The molecule has 0 aliphatic rings. The van der Waals surface area contributed by atoms with Crippen LogP contribution in [0, 0.1) is 12.7 Å². The number of hydrogen-bond donors (Lipinski definition) is 0. The van der Waals surface area contributed by atoms with Crippen molar-refractivity contribution in [3.63, 3.8) is 0 Å². The molecular formula is C14H12FN. The molecule has 0 bridgehead atoms. The van der Waals surface area contributed by atoms with Crippen molar-refractivity contribution < 1.29 is 4.39 Å². The normalized spacial score (nSPS) is 10.9. The predicted molar refractivity (Wildman–Crippen MR) is 64.8 cm³/mol. The maximum Gasteiger partial charge on any atom is 0.123 e. The van der Waals surface area contributed by atoms with Gasteiger partial charge in [-0.25, -0.2) is 4.39 Å². The average Bonchev–Trinajstić information content (AvgIpc) is 2.29. The van der Waals surface area contributed by atoms with Gasteiger partial charge in [-0.2, -0.15) is 0 Å². The summed E-state index contributed by atoms with van der Waals surface area (Å²) >= 11 is 0. The van der Waals surface area contributed by atoms with Gasteiger partial charge in [0.2, 0.25) is 0 Å². The van der Waals surface area contributed by atoms with Crippen LogP contribution in [0.15, 0.2) is 53.5 Å². The van der Waals surface area contributed by atoms with Crippen LogP contribution in [-0.2, 0) is 0 Å². The molecule has 16 heavy (non-hydrogen) atoms. The van der Waals surface area contributed by atoms with Crippen molar-refractivity contribution in [2.24, 2.45) is 4.99 Å². The molecule has 1 nitrogen and oxygen atoms in total. The van der Waals surface area contributed by atoms with E-state index in [0.717, 1.165) is 16.8 Å². The lowest BCUT2D eigenvalue weighted by atomic mass is 10.2. The summed E-state index contributed by atoms with van der Waals surface area (Å²) < 4.78 is 12.9. The fourth-order valence-corrected chi connectivity index (χ4v) is 1.45. The fraction of sp³-hybridized carbons (Fsp3) is 0.0714. The highest BCUT2D eigenvalue weighted by atomic mass is 19.1. The van der Waals surface area contributed by atoms with Crippen molar-refractivity contribution >= 4 is 11.9 Å². The fourth-order valence-electron chi connectivity index (χ4n) is 1.45. The lowest BCUT2D eigenvalue weighted by molar-refractivity contribution is 0.627. The zero-order valence-electron chi connectivity index (χ0n) is 9.02. The molecule has 0 fully saturated rings. The van der Waals surface area contributed by atoms with Gasteiger partial charge in [0.1, 0.15) is 5.82 Å². The summed E-state index contributed by atoms with van der Waals surface area (Å²) in [7, 11) is 0. The smallest absolute Gasteiger partial charge is 0.123 e. The molecule has 0 atom stereocenters. The first-order chi connectivity index (χ1) is 7.75. The second-order valence-electron chi connectivity index (χ2n) is 3.60. The van der Waals surface area contributed by atoms with Gasteiger partial charge in [0.05, 0.1) is 5.69 Å². The van der Waals surface area contributed by atoms with E-state index >= 15 is 0 Å². The van der Waals surface area contributed by atoms with E-state index in [-0.39, 0.29) is 5.82 Å². The molecule has 0 spiro atoms. The average molecular weight is 213 g/mol. The maximum atomic E-state index is 12.9. The van der Waals surface area contributed by atoms with E-state index < -0.39 is 0 Å². The van der Waals surface area contributed by atoms with E-state index in [1.807, 2.05) is 37.3 Å². The summed E-state index contributed by atoms with van der Waals surface area (Å²) in [6.45, 7) is 1.85. The summed E-state index contributed by atoms with van der Waals surface area (Å²) in [6, 6.07) is 14.4. The minimum Gasteiger partial charge on any atom is -0.256 e. The molecule has 0 aromatic heterocycles. The number of halogens is 1. The Morgan fingerprint density at radius 1 is 1.06 bits per heavy atom. The van der Waals surface area contributed by atoms with Crippen LogP contribution >= 0.6 is 0 Å². The Labute approximate surface area is 94.3 Å². The SMILES string of the molecule is Cc1cc(F)ccc1/N=C/c1ccccc1. The topological polar surface area (TPSA) is 12.4 Å². The molecule has 0 saturated carbocycles. The third-order valence-corrected chi connectivity index (χ3v) is 2.31. The van der Waals surface area contributed by atoms with Crippen molar-refractivity contribution in [1.29, 1.82) is 0 Å². The van der Waals surface area contributed by atoms with Crippen molar-refractivity contribution in [2.75, 3.05) is 0 Å². The van der Waals surface area contributed by atoms with Gasteiger partial charge < -0.3 is 0 Å². The van der Waals surface area contributed by atoms with Crippen LogP contribution in [0.3, 0.4) is 0 Å². The molecule has 0 aliphatic carbocycles. The van der Waals surface area contributed by atoms with E-state index in [1.165, 1.54) is 12.1 Å². The van der Waals surface area contributed by atoms with Crippen molar-refractivity contribution in [1.82, 2.24) is 0 Å². The Morgan fingerprint density at radius 2 is 1.81 bits per heavy atom. The second kappa shape index (κ2) is 4.71. The molecule has 80 valence electrons. The van der Waals surface area contributed by atoms with E-state index in [0.29, 0.717) is 0 Å². The summed E-state index contributed by atoms with van der Waals surface area (Å²) in [5.74, 6) is -0.226. The molecule has 2 aromatic carbocycles. The Balaban J connectivity index is 2.24. The largest absolute Gasteiger partial charge is 0.256 e. The van der Waals surface area contributed by atoms with Gasteiger partial charge in [-0.3, -0.25) is 4.99 Å². The van der Waals surface area contributed by atoms with Gasteiger partial charge in [0.15, 0.2) is 0 Å².